The first kappa shape index (κ1) is 22.7. The molecule has 1 unspecified atom stereocenters. The molecule has 0 amide bonds. The highest BCUT2D eigenvalue weighted by Crippen LogP contribution is 2.21. The van der Waals surface area contributed by atoms with Crippen molar-refractivity contribution in [3.63, 3.8) is 0 Å². The molecule has 1 saturated heterocycles. The van der Waals surface area contributed by atoms with Crippen molar-refractivity contribution in [1.29, 1.82) is 0 Å². The van der Waals surface area contributed by atoms with Gasteiger partial charge in [-0.25, -0.2) is 0 Å². The van der Waals surface area contributed by atoms with Crippen molar-refractivity contribution in [2.75, 3.05) is 34.2 Å². The standard InChI is InChI=1S/C23H32N4.HI/c1-24-23(25-16-21-11-7-8-12-22(21)18-26(2)3)27-14-13-20(17-27)15-19-9-5-4-6-10-19;/h4-12,20H,13-18H2,1-3H3,(H,24,25);1H. The highest BCUT2D eigenvalue weighted by atomic mass is 127. The number of hydrogen-bond acceptors (Lipinski definition) is 2. The van der Waals surface area contributed by atoms with Gasteiger partial charge in [0.15, 0.2) is 5.96 Å². The zero-order valence-corrected chi connectivity index (χ0v) is 19.6. The van der Waals surface area contributed by atoms with E-state index in [1.54, 1.807) is 0 Å². The zero-order chi connectivity index (χ0) is 19.1. The summed E-state index contributed by atoms with van der Waals surface area (Å²) in [6, 6.07) is 19.5. The second-order valence-electron chi connectivity index (χ2n) is 7.70. The summed E-state index contributed by atoms with van der Waals surface area (Å²) in [6.07, 6.45) is 2.38. The molecular formula is C23H33IN4. The minimum atomic E-state index is 0. The van der Waals surface area contributed by atoms with Crippen LogP contribution >= 0.6 is 24.0 Å². The van der Waals surface area contributed by atoms with Gasteiger partial charge in [-0.2, -0.15) is 0 Å². The van der Waals surface area contributed by atoms with Crippen LogP contribution in [0.15, 0.2) is 59.6 Å². The molecule has 1 aliphatic rings. The summed E-state index contributed by atoms with van der Waals surface area (Å²) in [5, 5.41) is 3.58. The van der Waals surface area contributed by atoms with E-state index in [0.717, 1.165) is 38.6 Å². The molecule has 0 aliphatic carbocycles. The Morgan fingerprint density at radius 3 is 2.43 bits per heavy atom. The lowest BCUT2D eigenvalue weighted by atomic mass is 9.99. The van der Waals surface area contributed by atoms with Gasteiger partial charge in [-0.15, -0.1) is 24.0 Å². The molecule has 4 nitrogen and oxygen atoms in total. The van der Waals surface area contributed by atoms with Crippen LogP contribution in [-0.2, 0) is 19.5 Å². The van der Waals surface area contributed by atoms with Crippen molar-refractivity contribution < 1.29 is 0 Å². The van der Waals surface area contributed by atoms with Gasteiger partial charge in [0.1, 0.15) is 0 Å². The Balaban J connectivity index is 0.00000280. The SMILES string of the molecule is CN=C(NCc1ccccc1CN(C)C)N1CCC(Cc2ccccc2)C1.I. The summed E-state index contributed by atoms with van der Waals surface area (Å²) in [4.78, 5) is 9.15. The van der Waals surface area contributed by atoms with Crippen molar-refractivity contribution in [2.45, 2.75) is 25.9 Å². The maximum atomic E-state index is 4.54. The lowest BCUT2D eigenvalue weighted by molar-refractivity contribution is 0.400. The van der Waals surface area contributed by atoms with E-state index in [-0.39, 0.29) is 24.0 Å². The Morgan fingerprint density at radius 2 is 1.75 bits per heavy atom. The predicted molar refractivity (Wildman–Crippen MR) is 129 cm³/mol. The van der Waals surface area contributed by atoms with E-state index < -0.39 is 0 Å². The lowest BCUT2D eigenvalue weighted by Gasteiger charge is -2.23. The summed E-state index contributed by atoms with van der Waals surface area (Å²) < 4.78 is 0. The fraction of sp³-hybridized carbons (Fsp3) is 0.435. The summed E-state index contributed by atoms with van der Waals surface area (Å²) in [6.45, 7) is 3.93. The van der Waals surface area contributed by atoms with Crippen LogP contribution in [0.1, 0.15) is 23.1 Å². The van der Waals surface area contributed by atoms with Gasteiger partial charge in [-0.05, 0) is 49.5 Å². The van der Waals surface area contributed by atoms with E-state index in [9.17, 15) is 0 Å². The molecule has 1 heterocycles. The first-order chi connectivity index (χ1) is 13.2. The van der Waals surface area contributed by atoms with Crippen LogP contribution in [-0.4, -0.2) is 50.0 Å². The van der Waals surface area contributed by atoms with Crippen LogP contribution in [0.25, 0.3) is 0 Å². The first-order valence-electron chi connectivity index (χ1n) is 9.86. The fourth-order valence-electron chi connectivity index (χ4n) is 3.87. The molecule has 0 spiro atoms. The molecule has 1 N–H and O–H groups in total. The second kappa shape index (κ2) is 11.4. The van der Waals surface area contributed by atoms with Gasteiger partial charge in [0, 0.05) is 33.2 Å². The molecule has 1 aliphatic heterocycles. The van der Waals surface area contributed by atoms with Crippen LogP contribution in [0.4, 0.5) is 0 Å². The van der Waals surface area contributed by atoms with Crippen LogP contribution in [0.5, 0.6) is 0 Å². The largest absolute Gasteiger partial charge is 0.352 e. The summed E-state index contributed by atoms with van der Waals surface area (Å²) in [7, 11) is 6.11. The number of nitrogens with zero attached hydrogens (tertiary/aromatic N) is 3. The average molecular weight is 492 g/mol. The van der Waals surface area contributed by atoms with Gasteiger partial charge in [0.25, 0.3) is 0 Å². The molecular weight excluding hydrogens is 459 g/mol. The van der Waals surface area contributed by atoms with Gasteiger partial charge in [-0.3, -0.25) is 4.99 Å². The van der Waals surface area contributed by atoms with Gasteiger partial charge in [-0.1, -0.05) is 54.6 Å². The maximum Gasteiger partial charge on any atom is 0.193 e. The van der Waals surface area contributed by atoms with Gasteiger partial charge >= 0.3 is 0 Å². The van der Waals surface area contributed by atoms with Gasteiger partial charge in [0.05, 0.1) is 0 Å². The van der Waals surface area contributed by atoms with E-state index >= 15 is 0 Å². The Morgan fingerprint density at radius 1 is 1.07 bits per heavy atom. The third kappa shape index (κ3) is 6.48. The highest BCUT2D eigenvalue weighted by Gasteiger charge is 2.25. The van der Waals surface area contributed by atoms with Crippen molar-refractivity contribution in [2.24, 2.45) is 10.9 Å². The molecule has 3 rings (SSSR count). The number of benzene rings is 2. The second-order valence-corrected chi connectivity index (χ2v) is 7.70. The first-order valence-corrected chi connectivity index (χ1v) is 9.86. The third-order valence-corrected chi connectivity index (χ3v) is 5.21. The molecule has 1 fully saturated rings. The predicted octanol–water partition coefficient (Wildman–Crippen LogP) is 4.01. The van der Waals surface area contributed by atoms with Gasteiger partial charge < -0.3 is 15.1 Å². The number of halogens is 1. The summed E-state index contributed by atoms with van der Waals surface area (Å²) >= 11 is 0. The molecule has 0 saturated carbocycles. The number of aliphatic imine (C=N–C) groups is 1. The van der Waals surface area contributed by atoms with E-state index in [4.69, 9.17) is 0 Å². The van der Waals surface area contributed by atoms with Gasteiger partial charge in [0.2, 0.25) is 0 Å². The fourth-order valence-corrected chi connectivity index (χ4v) is 3.87. The van der Waals surface area contributed by atoms with E-state index in [2.05, 4.69) is 88.8 Å². The van der Waals surface area contributed by atoms with Crippen molar-refractivity contribution in [3.8, 4) is 0 Å². The zero-order valence-electron chi connectivity index (χ0n) is 17.3. The summed E-state index contributed by atoms with van der Waals surface area (Å²) in [5.41, 5.74) is 4.14. The molecule has 0 bridgehead atoms. The smallest absolute Gasteiger partial charge is 0.193 e. The molecule has 0 aromatic heterocycles. The molecule has 152 valence electrons. The average Bonchev–Trinajstić information content (AvgIpc) is 3.12. The van der Waals surface area contributed by atoms with Crippen LogP contribution in [0, 0.1) is 5.92 Å². The van der Waals surface area contributed by atoms with E-state index in [1.807, 2.05) is 7.05 Å². The van der Waals surface area contributed by atoms with E-state index in [1.165, 1.54) is 23.1 Å². The van der Waals surface area contributed by atoms with Crippen molar-refractivity contribution in [3.05, 3.63) is 71.3 Å². The minimum Gasteiger partial charge on any atom is -0.352 e. The highest BCUT2D eigenvalue weighted by molar-refractivity contribution is 14.0. The summed E-state index contributed by atoms with van der Waals surface area (Å²) in [5.74, 6) is 1.72. The monoisotopic (exact) mass is 492 g/mol. The number of guanidine groups is 1. The Labute approximate surface area is 187 Å². The maximum absolute atomic E-state index is 4.54. The molecule has 2 aromatic rings. The number of likely N-dealkylation sites (tertiary alicyclic amines) is 1. The van der Waals surface area contributed by atoms with Crippen molar-refractivity contribution in [1.82, 2.24) is 15.1 Å². The number of rotatable bonds is 6. The van der Waals surface area contributed by atoms with Crippen LogP contribution in [0.3, 0.4) is 0 Å². The lowest BCUT2D eigenvalue weighted by Crippen LogP contribution is -2.40. The quantitative estimate of drug-likeness (QED) is 0.376. The van der Waals surface area contributed by atoms with E-state index in [0.29, 0.717) is 5.92 Å². The Kier molecular flexibility index (Phi) is 9.25. The molecule has 28 heavy (non-hydrogen) atoms. The molecule has 0 radical (unpaired) electrons. The van der Waals surface area contributed by atoms with Crippen LogP contribution < -0.4 is 5.32 Å². The Bertz CT molecular complexity index is 745. The third-order valence-electron chi connectivity index (χ3n) is 5.21. The Hall–Kier alpha value is -1.60. The molecule has 1 atom stereocenters. The topological polar surface area (TPSA) is 30.9 Å². The number of hydrogen-bond donors (Lipinski definition) is 1. The van der Waals surface area contributed by atoms with Crippen molar-refractivity contribution >= 4 is 29.9 Å². The van der Waals surface area contributed by atoms with Crippen LogP contribution in [0.2, 0.25) is 0 Å². The normalized spacial score (nSPS) is 16.9. The number of nitrogens with one attached hydrogen (secondary N) is 1. The minimum absolute atomic E-state index is 0. The molecule has 5 heteroatoms. The molecule has 2 aromatic carbocycles.